The summed E-state index contributed by atoms with van der Waals surface area (Å²) in [6, 6.07) is 39.8. The second kappa shape index (κ2) is 12.4. The maximum atomic E-state index is 14.0. The molecule has 0 aromatic heterocycles. The summed E-state index contributed by atoms with van der Waals surface area (Å²) in [6.07, 6.45) is 0. The number of ether oxygens (including phenoxy) is 2. The van der Waals surface area contributed by atoms with Crippen molar-refractivity contribution in [1.82, 2.24) is 0 Å². The van der Waals surface area contributed by atoms with Gasteiger partial charge in [-0.3, -0.25) is 9.59 Å². The van der Waals surface area contributed by atoms with Crippen LogP contribution < -0.4 is 0 Å². The van der Waals surface area contributed by atoms with Crippen molar-refractivity contribution in [2.45, 2.75) is 13.8 Å². The standard InChI is InChI=1S/C36H32O4/c1-3-39-35(37)33-31(27-21-13-7-14-22-27)29(25-17-9-5-10-18-25)30(26-19-11-6-12-20-26)32(28-23-15-8-16-24-28)34(33)36(38)40-4-2/h5-24,33-34H,3-4H2,1-2H3/t33-,34-/m0/s1. The van der Waals surface area contributed by atoms with E-state index in [1.165, 1.54) is 0 Å². The molecule has 0 bridgehead atoms. The zero-order valence-corrected chi connectivity index (χ0v) is 22.7. The van der Waals surface area contributed by atoms with Crippen molar-refractivity contribution in [3.63, 3.8) is 0 Å². The molecule has 0 aliphatic heterocycles. The molecule has 1 aliphatic rings. The highest BCUT2D eigenvalue weighted by Crippen LogP contribution is 2.54. The van der Waals surface area contributed by atoms with E-state index in [-0.39, 0.29) is 13.2 Å². The van der Waals surface area contributed by atoms with E-state index in [1.54, 1.807) is 13.8 Å². The first-order valence-corrected chi connectivity index (χ1v) is 13.7. The highest BCUT2D eigenvalue weighted by Gasteiger charge is 2.48. The molecular formula is C36H32O4. The molecule has 0 amide bonds. The Bertz CT molecular complexity index is 1400. The minimum atomic E-state index is -0.917. The van der Waals surface area contributed by atoms with Gasteiger partial charge in [0.05, 0.1) is 13.2 Å². The Morgan fingerprint density at radius 1 is 0.475 bits per heavy atom. The Morgan fingerprint density at radius 2 is 0.750 bits per heavy atom. The van der Waals surface area contributed by atoms with Crippen molar-refractivity contribution in [3.05, 3.63) is 144 Å². The topological polar surface area (TPSA) is 52.6 Å². The molecule has 4 aromatic carbocycles. The van der Waals surface area contributed by atoms with Crippen LogP contribution in [0.2, 0.25) is 0 Å². The van der Waals surface area contributed by atoms with Gasteiger partial charge in [-0.1, -0.05) is 121 Å². The largest absolute Gasteiger partial charge is 0.465 e. The predicted octanol–water partition coefficient (Wildman–Crippen LogP) is 7.58. The van der Waals surface area contributed by atoms with Gasteiger partial charge in [-0.25, -0.2) is 0 Å². The van der Waals surface area contributed by atoms with Crippen LogP contribution in [0.4, 0.5) is 0 Å². The first-order chi connectivity index (χ1) is 19.7. The van der Waals surface area contributed by atoms with E-state index in [1.807, 2.05) is 97.1 Å². The van der Waals surface area contributed by atoms with Gasteiger partial charge in [0.15, 0.2) is 0 Å². The number of carbonyl (C=O) groups is 2. The monoisotopic (exact) mass is 528 g/mol. The summed E-state index contributed by atoms with van der Waals surface area (Å²) in [7, 11) is 0. The summed E-state index contributed by atoms with van der Waals surface area (Å²) < 4.78 is 11.4. The molecule has 4 heteroatoms. The predicted molar refractivity (Wildman–Crippen MR) is 160 cm³/mol. The van der Waals surface area contributed by atoms with Gasteiger partial charge in [-0.05, 0) is 58.4 Å². The van der Waals surface area contributed by atoms with Crippen LogP contribution in [0.15, 0.2) is 121 Å². The number of rotatable bonds is 8. The quantitative estimate of drug-likeness (QED) is 0.221. The van der Waals surface area contributed by atoms with Gasteiger partial charge in [-0.15, -0.1) is 0 Å². The molecule has 2 atom stereocenters. The second-order valence-electron chi connectivity index (χ2n) is 9.50. The van der Waals surface area contributed by atoms with Crippen LogP contribution in [0.5, 0.6) is 0 Å². The van der Waals surface area contributed by atoms with Crippen LogP contribution in [-0.2, 0) is 19.1 Å². The van der Waals surface area contributed by atoms with Crippen LogP contribution in [-0.4, -0.2) is 25.2 Å². The molecular weight excluding hydrogens is 496 g/mol. The smallest absolute Gasteiger partial charge is 0.314 e. The van der Waals surface area contributed by atoms with Crippen LogP contribution in [0.25, 0.3) is 22.3 Å². The van der Waals surface area contributed by atoms with Crippen molar-refractivity contribution in [2.24, 2.45) is 11.8 Å². The van der Waals surface area contributed by atoms with Crippen molar-refractivity contribution >= 4 is 34.2 Å². The average Bonchev–Trinajstić information content (AvgIpc) is 3.01. The highest BCUT2D eigenvalue weighted by molar-refractivity contribution is 6.28. The summed E-state index contributed by atoms with van der Waals surface area (Å²) in [6.45, 7) is 3.97. The lowest BCUT2D eigenvalue weighted by Gasteiger charge is -2.37. The van der Waals surface area contributed by atoms with Gasteiger partial charge in [0.1, 0.15) is 11.8 Å². The first-order valence-electron chi connectivity index (χ1n) is 13.7. The summed E-state index contributed by atoms with van der Waals surface area (Å²) in [5.41, 5.74) is 6.91. The van der Waals surface area contributed by atoms with Gasteiger partial charge >= 0.3 is 11.9 Å². The van der Waals surface area contributed by atoms with E-state index < -0.39 is 23.8 Å². The van der Waals surface area contributed by atoms with E-state index in [2.05, 4.69) is 24.3 Å². The lowest BCUT2D eigenvalue weighted by molar-refractivity contribution is -0.155. The second-order valence-corrected chi connectivity index (χ2v) is 9.50. The molecule has 5 rings (SSSR count). The highest BCUT2D eigenvalue weighted by atomic mass is 16.5. The number of carbonyl (C=O) groups excluding carboxylic acids is 2. The fourth-order valence-electron chi connectivity index (χ4n) is 5.58. The zero-order chi connectivity index (χ0) is 27.9. The van der Waals surface area contributed by atoms with Crippen LogP contribution >= 0.6 is 0 Å². The van der Waals surface area contributed by atoms with E-state index in [4.69, 9.17) is 9.47 Å². The Kier molecular flexibility index (Phi) is 8.36. The summed E-state index contributed by atoms with van der Waals surface area (Å²) >= 11 is 0. The molecule has 1 aliphatic carbocycles. The third-order valence-electron chi connectivity index (χ3n) is 7.12. The van der Waals surface area contributed by atoms with Gasteiger partial charge in [0, 0.05) is 0 Å². The van der Waals surface area contributed by atoms with Crippen LogP contribution in [0.3, 0.4) is 0 Å². The maximum absolute atomic E-state index is 14.0. The van der Waals surface area contributed by atoms with Crippen molar-refractivity contribution < 1.29 is 19.1 Å². The molecule has 40 heavy (non-hydrogen) atoms. The first kappa shape index (κ1) is 26.9. The molecule has 0 fully saturated rings. The molecule has 200 valence electrons. The summed E-state index contributed by atoms with van der Waals surface area (Å²) in [5, 5.41) is 0. The SMILES string of the molecule is CCOC(=O)[C@H]1C(c2ccccc2)=C(c2ccccc2)C(c2ccccc2)=C(c2ccccc2)[C@@H]1C(=O)OCC. The van der Waals surface area contributed by atoms with E-state index >= 15 is 0 Å². The lowest BCUT2D eigenvalue weighted by Crippen LogP contribution is -2.37. The molecule has 4 nitrogen and oxygen atoms in total. The number of hydrogen-bond acceptors (Lipinski definition) is 4. The normalized spacial score (nSPS) is 16.9. The van der Waals surface area contributed by atoms with Crippen LogP contribution in [0, 0.1) is 11.8 Å². The Hall–Kier alpha value is -4.70. The lowest BCUT2D eigenvalue weighted by atomic mass is 9.65. The number of benzene rings is 4. The van der Waals surface area contributed by atoms with Gasteiger partial charge in [0.25, 0.3) is 0 Å². The van der Waals surface area contributed by atoms with Crippen molar-refractivity contribution in [3.8, 4) is 0 Å². The number of allylic oxidation sites excluding steroid dienone is 2. The molecule has 0 saturated carbocycles. The Balaban J connectivity index is 2.00. The zero-order valence-electron chi connectivity index (χ0n) is 22.7. The maximum Gasteiger partial charge on any atom is 0.314 e. The summed E-state index contributed by atoms with van der Waals surface area (Å²) in [5.74, 6) is -2.74. The van der Waals surface area contributed by atoms with Gasteiger partial charge in [0.2, 0.25) is 0 Å². The van der Waals surface area contributed by atoms with Crippen molar-refractivity contribution in [2.75, 3.05) is 13.2 Å². The molecule has 0 spiro atoms. The molecule has 0 saturated heterocycles. The Labute approximate surface area is 235 Å². The fourth-order valence-corrected chi connectivity index (χ4v) is 5.58. The third kappa shape index (κ3) is 5.26. The number of hydrogen-bond donors (Lipinski definition) is 0. The van der Waals surface area contributed by atoms with E-state index in [0.717, 1.165) is 44.5 Å². The van der Waals surface area contributed by atoms with E-state index in [9.17, 15) is 9.59 Å². The third-order valence-corrected chi connectivity index (χ3v) is 7.12. The summed E-state index contributed by atoms with van der Waals surface area (Å²) in [4.78, 5) is 28.0. The van der Waals surface area contributed by atoms with Crippen molar-refractivity contribution in [1.29, 1.82) is 0 Å². The molecule has 0 heterocycles. The van der Waals surface area contributed by atoms with Gasteiger partial charge in [-0.2, -0.15) is 0 Å². The van der Waals surface area contributed by atoms with Crippen LogP contribution in [0.1, 0.15) is 36.1 Å². The fraction of sp³-hybridized carbons (Fsp3) is 0.167. The average molecular weight is 529 g/mol. The van der Waals surface area contributed by atoms with Gasteiger partial charge < -0.3 is 9.47 Å². The molecule has 0 N–H and O–H groups in total. The number of esters is 2. The molecule has 4 aromatic rings. The Morgan fingerprint density at radius 3 is 1.02 bits per heavy atom. The minimum Gasteiger partial charge on any atom is -0.465 e. The van der Waals surface area contributed by atoms with E-state index in [0.29, 0.717) is 0 Å². The molecule has 0 unspecified atom stereocenters. The minimum absolute atomic E-state index is 0.198. The molecule has 0 radical (unpaired) electrons.